The van der Waals surface area contributed by atoms with Crippen molar-refractivity contribution >= 4 is 10.8 Å². The maximum absolute atomic E-state index is 6.54. The molecule has 1 heterocycles. The van der Waals surface area contributed by atoms with E-state index >= 15 is 0 Å². The van der Waals surface area contributed by atoms with Crippen LogP contribution in [0.15, 0.2) is 36.7 Å². The van der Waals surface area contributed by atoms with Crippen LogP contribution in [0.25, 0.3) is 10.8 Å². The number of nitrogens with zero attached hydrogens (tertiary/aromatic N) is 1. The SMILES string of the molecule is CCCC(CCC)C(N)c1cncc2ccccc12. The molecule has 2 heteroatoms. The van der Waals surface area contributed by atoms with Gasteiger partial charge in [0, 0.05) is 23.8 Å². The Labute approximate surface area is 116 Å². The molecule has 0 aliphatic rings. The summed E-state index contributed by atoms with van der Waals surface area (Å²) in [6, 6.07) is 8.48. The van der Waals surface area contributed by atoms with Crippen molar-refractivity contribution in [2.75, 3.05) is 0 Å². The summed E-state index contributed by atoms with van der Waals surface area (Å²) in [5.74, 6) is 0.558. The monoisotopic (exact) mass is 256 g/mol. The number of rotatable bonds is 6. The maximum atomic E-state index is 6.54. The smallest absolute Gasteiger partial charge is 0.0346 e. The van der Waals surface area contributed by atoms with E-state index in [9.17, 15) is 0 Å². The molecule has 2 rings (SSSR count). The molecule has 1 aromatic carbocycles. The maximum Gasteiger partial charge on any atom is 0.0346 e. The Morgan fingerprint density at radius 1 is 1.05 bits per heavy atom. The van der Waals surface area contributed by atoms with Crippen molar-refractivity contribution < 1.29 is 0 Å². The van der Waals surface area contributed by atoms with Crippen LogP contribution in [0.2, 0.25) is 0 Å². The van der Waals surface area contributed by atoms with E-state index in [-0.39, 0.29) is 6.04 Å². The van der Waals surface area contributed by atoms with Gasteiger partial charge in [-0.2, -0.15) is 0 Å². The first-order valence-corrected chi connectivity index (χ1v) is 7.36. The van der Waals surface area contributed by atoms with Gasteiger partial charge in [-0.25, -0.2) is 0 Å². The summed E-state index contributed by atoms with van der Waals surface area (Å²) < 4.78 is 0. The molecular weight excluding hydrogens is 232 g/mol. The molecule has 0 amide bonds. The molecule has 1 unspecified atom stereocenters. The van der Waals surface area contributed by atoms with Crippen molar-refractivity contribution in [1.82, 2.24) is 4.98 Å². The Morgan fingerprint density at radius 2 is 1.74 bits per heavy atom. The van der Waals surface area contributed by atoms with Gasteiger partial charge in [0.05, 0.1) is 0 Å². The van der Waals surface area contributed by atoms with E-state index < -0.39 is 0 Å². The normalized spacial score (nSPS) is 13.1. The molecule has 0 saturated carbocycles. The number of hydrogen-bond acceptors (Lipinski definition) is 2. The largest absolute Gasteiger partial charge is 0.324 e. The second-order valence-electron chi connectivity index (χ2n) is 5.31. The molecule has 0 spiro atoms. The van der Waals surface area contributed by atoms with Crippen LogP contribution in [0.5, 0.6) is 0 Å². The van der Waals surface area contributed by atoms with E-state index in [4.69, 9.17) is 5.73 Å². The first-order valence-electron chi connectivity index (χ1n) is 7.36. The third-order valence-corrected chi connectivity index (χ3v) is 3.88. The van der Waals surface area contributed by atoms with Gasteiger partial charge in [-0.05, 0) is 29.7 Å². The molecule has 2 aromatic rings. The number of aromatic nitrogens is 1. The predicted octanol–water partition coefficient (Wildman–Crippen LogP) is 4.45. The molecule has 0 aliphatic heterocycles. The van der Waals surface area contributed by atoms with Gasteiger partial charge in [0.15, 0.2) is 0 Å². The first kappa shape index (κ1) is 14.0. The highest BCUT2D eigenvalue weighted by molar-refractivity contribution is 5.85. The average Bonchev–Trinajstić information content (AvgIpc) is 2.46. The molecule has 1 atom stereocenters. The van der Waals surface area contributed by atoms with Crippen LogP contribution in [-0.2, 0) is 0 Å². The summed E-state index contributed by atoms with van der Waals surface area (Å²) in [6.07, 6.45) is 8.63. The minimum absolute atomic E-state index is 0.0958. The molecule has 0 radical (unpaired) electrons. The minimum Gasteiger partial charge on any atom is -0.324 e. The van der Waals surface area contributed by atoms with E-state index in [1.807, 2.05) is 12.4 Å². The lowest BCUT2D eigenvalue weighted by Gasteiger charge is -2.24. The van der Waals surface area contributed by atoms with Crippen LogP contribution in [0.4, 0.5) is 0 Å². The quantitative estimate of drug-likeness (QED) is 0.829. The minimum atomic E-state index is 0.0958. The van der Waals surface area contributed by atoms with Gasteiger partial charge in [0.1, 0.15) is 0 Å². The highest BCUT2D eigenvalue weighted by Crippen LogP contribution is 2.31. The summed E-state index contributed by atoms with van der Waals surface area (Å²) in [4.78, 5) is 4.36. The van der Waals surface area contributed by atoms with Crippen molar-refractivity contribution in [2.24, 2.45) is 11.7 Å². The number of pyridine rings is 1. The van der Waals surface area contributed by atoms with Gasteiger partial charge < -0.3 is 5.73 Å². The summed E-state index contributed by atoms with van der Waals surface area (Å²) in [5, 5.41) is 2.43. The van der Waals surface area contributed by atoms with Crippen molar-refractivity contribution in [1.29, 1.82) is 0 Å². The van der Waals surface area contributed by atoms with Crippen LogP contribution < -0.4 is 5.73 Å². The zero-order valence-electron chi connectivity index (χ0n) is 12.0. The van der Waals surface area contributed by atoms with Crippen LogP contribution in [0.1, 0.15) is 51.1 Å². The molecular formula is C17H24N2. The summed E-state index contributed by atoms with van der Waals surface area (Å²) in [7, 11) is 0. The van der Waals surface area contributed by atoms with E-state index in [1.54, 1.807) is 0 Å². The second-order valence-corrected chi connectivity index (χ2v) is 5.31. The molecule has 2 N–H and O–H groups in total. The van der Waals surface area contributed by atoms with Gasteiger partial charge in [-0.3, -0.25) is 4.98 Å². The molecule has 0 fully saturated rings. The molecule has 0 saturated heterocycles. The van der Waals surface area contributed by atoms with Crippen molar-refractivity contribution in [3.8, 4) is 0 Å². The molecule has 102 valence electrons. The second kappa shape index (κ2) is 6.67. The lowest BCUT2D eigenvalue weighted by Crippen LogP contribution is -2.22. The Bertz CT molecular complexity index is 510. The Balaban J connectivity index is 2.36. The molecule has 19 heavy (non-hydrogen) atoms. The van der Waals surface area contributed by atoms with Crippen molar-refractivity contribution in [2.45, 2.75) is 45.6 Å². The highest BCUT2D eigenvalue weighted by atomic mass is 14.7. The third-order valence-electron chi connectivity index (χ3n) is 3.88. The van der Waals surface area contributed by atoms with Gasteiger partial charge in [0.2, 0.25) is 0 Å². The fourth-order valence-electron chi connectivity index (χ4n) is 2.90. The average molecular weight is 256 g/mol. The summed E-state index contributed by atoms with van der Waals surface area (Å²) in [6.45, 7) is 4.47. The fraction of sp³-hybridized carbons (Fsp3) is 0.471. The third kappa shape index (κ3) is 3.13. The van der Waals surface area contributed by atoms with Crippen molar-refractivity contribution in [3.63, 3.8) is 0 Å². The first-order chi connectivity index (χ1) is 9.27. The molecule has 0 aliphatic carbocycles. The van der Waals surface area contributed by atoms with E-state index in [2.05, 4.69) is 43.1 Å². The number of benzene rings is 1. The Kier molecular flexibility index (Phi) is 4.92. The van der Waals surface area contributed by atoms with Crippen LogP contribution in [0, 0.1) is 5.92 Å². The van der Waals surface area contributed by atoms with Crippen molar-refractivity contribution in [3.05, 3.63) is 42.2 Å². The Morgan fingerprint density at radius 3 is 2.42 bits per heavy atom. The number of hydrogen-bond donors (Lipinski definition) is 1. The zero-order valence-corrected chi connectivity index (χ0v) is 12.0. The van der Waals surface area contributed by atoms with Gasteiger partial charge in [-0.1, -0.05) is 51.0 Å². The van der Waals surface area contributed by atoms with E-state index in [0.717, 1.165) is 0 Å². The van der Waals surface area contributed by atoms with Crippen LogP contribution >= 0.6 is 0 Å². The van der Waals surface area contributed by atoms with Gasteiger partial charge in [-0.15, -0.1) is 0 Å². The number of fused-ring (bicyclic) bond motifs is 1. The molecule has 1 aromatic heterocycles. The summed E-state index contributed by atoms with van der Waals surface area (Å²) in [5.41, 5.74) is 7.74. The highest BCUT2D eigenvalue weighted by Gasteiger charge is 2.20. The fourth-order valence-corrected chi connectivity index (χ4v) is 2.90. The van der Waals surface area contributed by atoms with E-state index in [0.29, 0.717) is 5.92 Å². The Hall–Kier alpha value is -1.41. The van der Waals surface area contributed by atoms with Gasteiger partial charge >= 0.3 is 0 Å². The van der Waals surface area contributed by atoms with Crippen LogP contribution in [-0.4, -0.2) is 4.98 Å². The van der Waals surface area contributed by atoms with Crippen LogP contribution in [0.3, 0.4) is 0 Å². The molecule has 2 nitrogen and oxygen atoms in total. The topological polar surface area (TPSA) is 38.9 Å². The lowest BCUT2D eigenvalue weighted by molar-refractivity contribution is 0.370. The standard InChI is InChI=1S/C17H24N2/c1-3-7-13(8-4-2)17(18)16-12-19-11-14-9-5-6-10-15(14)16/h5-6,9-13,17H,3-4,7-8,18H2,1-2H3. The molecule has 0 bridgehead atoms. The predicted molar refractivity (Wildman–Crippen MR) is 82.0 cm³/mol. The zero-order chi connectivity index (χ0) is 13.7. The van der Waals surface area contributed by atoms with Gasteiger partial charge in [0.25, 0.3) is 0 Å². The van der Waals surface area contributed by atoms with E-state index in [1.165, 1.54) is 42.0 Å². The lowest BCUT2D eigenvalue weighted by atomic mass is 9.86. The summed E-state index contributed by atoms with van der Waals surface area (Å²) >= 11 is 0. The number of nitrogens with two attached hydrogens (primary N) is 1.